The molecule has 0 bridgehead atoms. The van der Waals surface area contributed by atoms with E-state index in [1.807, 2.05) is 4.57 Å². The molecule has 0 spiro atoms. The first-order chi connectivity index (χ1) is 8.99. The van der Waals surface area contributed by atoms with Crippen molar-refractivity contribution >= 4 is 9.84 Å². The molecule has 0 aliphatic heterocycles. The minimum Gasteiger partial charge on any atom is -0.353 e. The first-order valence-corrected chi connectivity index (χ1v) is 9.15. The highest BCUT2D eigenvalue weighted by atomic mass is 32.2. The summed E-state index contributed by atoms with van der Waals surface area (Å²) in [5.41, 5.74) is 2.75. The van der Waals surface area contributed by atoms with Crippen LogP contribution in [0.4, 0.5) is 0 Å². The van der Waals surface area contributed by atoms with E-state index in [4.69, 9.17) is 0 Å². The van der Waals surface area contributed by atoms with Crippen molar-refractivity contribution in [3.8, 4) is 0 Å². The van der Waals surface area contributed by atoms with E-state index in [2.05, 4.69) is 24.6 Å². The fourth-order valence-corrected chi connectivity index (χ4v) is 3.32. The topological polar surface area (TPSA) is 51.1 Å². The van der Waals surface area contributed by atoms with Gasteiger partial charge < -0.3 is 9.88 Å². The number of sulfone groups is 1. The average Bonchev–Trinajstić information content (AvgIpc) is 2.65. The van der Waals surface area contributed by atoms with Crippen LogP contribution in [0, 0.1) is 0 Å². The summed E-state index contributed by atoms with van der Waals surface area (Å²) in [5, 5.41) is 3.53. The molecule has 19 heavy (non-hydrogen) atoms. The van der Waals surface area contributed by atoms with Crippen molar-refractivity contribution in [2.45, 2.75) is 45.2 Å². The largest absolute Gasteiger partial charge is 0.353 e. The second kappa shape index (κ2) is 6.09. The molecule has 1 aromatic heterocycles. The van der Waals surface area contributed by atoms with Crippen molar-refractivity contribution in [2.75, 3.05) is 18.6 Å². The van der Waals surface area contributed by atoms with E-state index in [0.29, 0.717) is 12.6 Å². The molecule has 0 saturated heterocycles. The van der Waals surface area contributed by atoms with E-state index in [1.54, 1.807) is 0 Å². The third-order valence-corrected chi connectivity index (χ3v) is 4.66. The second-order valence-electron chi connectivity index (χ2n) is 5.46. The number of nitrogens with one attached hydrogen (secondary N) is 1. The van der Waals surface area contributed by atoms with Gasteiger partial charge >= 0.3 is 0 Å². The molecular formula is C14H24N2O2S. The van der Waals surface area contributed by atoms with E-state index in [-0.39, 0.29) is 5.75 Å². The van der Waals surface area contributed by atoms with Crippen molar-refractivity contribution in [1.82, 2.24) is 9.88 Å². The standard InChI is InChI=1S/C14H24N2O2S/c1-3-15-14-7-5-4-6-12-10-16(11-13(12)14)8-9-19(2,17)18/h10-11,14-15H,3-9H2,1-2H3. The highest BCUT2D eigenvalue weighted by molar-refractivity contribution is 7.90. The first kappa shape index (κ1) is 14.6. The minimum atomic E-state index is -2.89. The molecule has 1 aliphatic carbocycles. The number of nitrogens with zero attached hydrogens (tertiary/aromatic N) is 1. The fourth-order valence-electron chi connectivity index (χ4n) is 2.77. The van der Waals surface area contributed by atoms with Gasteiger partial charge in [-0.25, -0.2) is 8.42 Å². The van der Waals surface area contributed by atoms with Crippen molar-refractivity contribution in [3.05, 3.63) is 23.5 Å². The Morgan fingerprint density at radius 3 is 2.84 bits per heavy atom. The summed E-state index contributed by atoms with van der Waals surface area (Å²) in [4.78, 5) is 0. The number of aryl methyl sites for hydroxylation is 2. The van der Waals surface area contributed by atoms with Gasteiger partial charge in [0.25, 0.3) is 0 Å². The van der Waals surface area contributed by atoms with Crippen LogP contribution in [0.25, 0.3) is 0 Å². The maximum atomic E-state index is 11.2. The van der Waals surface area contributed by atoms with Crippen LogP contribution in [0.3, 0.4) is 0 Å². The summed E-state index contributed by atoms with van der Waals surface area (Å²) in [6, 6.07) is 0.432. The molecule has 0 radical (unpaired) electrons. The van der Waals surface area contributed by atoms with Gasteiger partial charge in [-0.2, -0.15) is 0 Å². The summed E-state index contributed by atoms with van der Waals surface area (Å²) in [6.45, 7) is 3.66. The molecule has 4 nitrogen and oxygen atoms in total. The van der Waals surface area contributed by atoms with Crippen molar-refractivity contribution in [1.29, 1.82) is 0 Å². The van der Waals surface area contributed by atoms with Gasteiger partial charge in [0.2, 0.25) is 0 Å². The van der Waals surface area contributed by atoms with Crippen LogP contribution in [-0.4, -0.2) is 31.5 Å². The summed E-state index contributed by atoms with van der Waals surface area (Å²) in [5.74, 6) is 0.215. The van der Waals surface area contributed by atoms with Crippen LogP contribution in [0.1, 0.15) is 43.4 Å². The molecule has 0 amide bonds. The third-order valence-electron chi connectivity index (χ3n) is 3.73. The quantitative estimate of drug-likeness (QED) is 0.840. The van der Waals surface area contributed by atoms with Gasteiger partial charge in [-0.15, -0.1) is 0 Å². The van der Waals surface area contributed by atoms with Gasteiger partial charge in [-0.1, -0.05) is 13.3 Å². The van der Waals surface area contributed by atoms with Crippen LogP contribution in [0.5, 0.6) is 0 Å². The van der Waals surface area contributed by atoms with Gasteiger partial charge in [0, 0.05) is 31.2 Å². The Kier molecular flexibility index (Phi) is 4.68. The molecule has 1 unspecified atom stereocenters. The fraction of sp³-hybridized carbons (Fsp3) is 0.714. The van der Waals surface area contributed by atoms with E-state index in [9.17, 15) is 8.42 Å². The molecule has 1 aromatic rings. The van der Waals surface area contributed by atoms with E-state index in [1.165, 1.54) is 36.6 Å². The molecule has 0 fully saturated rings. The highest BCUT2D eigenvalue weighted by Crippen LogP contribution is 2.29. The zero-order valence-corrected chi connectivity index (χ0v) is 12.7. The maximum Gasteiger partial charge on any atom is 0.149 e. The number of rotatable bonds is 5. The van der Waals surface area contributed by atoms with Crippen molar-refractivity contribution < 1.29 is 8.42 Å². The highest BCUT2D eigenvalue weighted by Gasteiger charge is 2.19. The lowest BCUT2D eigenvalue weighted by Gasteiger charge is -2.15. The van der Waals surface area contributed by atoms with Gasteiger partial charge in [0.05, 0.1) is 5.75 Å². The van der Waals surface area contributed by atoms with Crippen LogP contribution >= 0.6 is 0 Å². The Balaban J connectivity index is 2.15. The molecular weight excluding hydrogens is 260 g/mol. The lowest BCUT2D eigenvalue weighted by Crippen LogP contribution is -2.20. The zero-order chi connectivity index (χ0) is 13.9. The van der Waals surface area contributed by atoms with Gasteiger partial charge in [-0.3, -0.25) is 0 Å². The van der Waals surface area contributed by atoms with Gasteiger partial charge in [0.1, 0.15) is 9.84 Å². The molecule has 1 N–H and O–H groups in total. The van der Waals surface area contributed by atoms with E-state index < -0.39 is 9.84 Å². The van der Waals surface area contributed by atoms with Gasteiger partial charge in [0.15, 0.2) is 0 Å². The zero-order valence-electron chi connectivity index (χ0n) is 11.9. The van der Waals surface area contributed by atoms with Crippen LogP contribution < -0.4 is 5.32 Å². The molecule has 5 heteroatoms. The van der Waals surface area contributed by atoms with Crippen molar-refractivity contribution in [3.63, 3.8) is 0 Å². The molecule has 108 valence electrons. The first-order valence-electron chi connectivity index (χ1n) is 7.09. The number of hydrogen-bond acceptors (Lipinski definition) is 3. The summed E-state index contributed by atoms with van der Waals surface area (Å²) >= 11 is 0. The summed E-state index contributed by atoms with van der Waals surface area (Å²) < 4.78 is 24.5. The van der Waals surface area contributed by atoms with Gasteiger partial charge in [-0.05, 0) is 36.9 Å². The predicted molar refractivity (Wildman–Crippen MR) is 78.1 cm³/mol. The monoisotopic (exact) mass is 284 g/mol. The Morgan fingerprint density at radius 1 is 1.37 bits per heavy atom. The van der Waals surface area contributed by atoms with E-state index >= 15 is 0 Å². The average molecular weight is 284 g/mol. The Bertz CT molecular complexity index is 520. The van der Waals surface area contributed by atoms with Crippen LogP contribution in [-0.2, 0) is 22.8 Å². The smallest absolute Gasteiger partial charge is 0.149 e. The minimum absolute atomic E-state index is 0.215. The Labute approximate surface area is 116 Å². The maximum absolute atomic E-state index is 11.2. The summed E-state index contributed by atoms with van der Waals surface area (Å²) in [7, 11) is -2.89. The predicted octanol–water partition coefficient (Wildman–Crippen LogP) is 1.91. The molecule has 1 heterocycles. The second-order valence-corrected chi connectivity index (χ2v) is 7.72. The van der Waals surface area contributed by atoms with Crippen LogP contribution in [0.15, 0.2) is 12.4 Å². The SMILES string of the molecule is CCNC1CCCCc2cn(CCS(C)(=O)=O)cc21. The van der Waals surface area contributed by atoms with Crippen molar-refractivity contribution in [2.24, 2.45) is 0 Å². The summed E-state index contributed by atoms with van der Waals surface area (Å²) in [6.07, 6.45) is 10.3. The number of aromatic nitrogens is 1. The lowest BCUT2D eigenvalue weighted by molar-refractivity contribution is 0.502. The molecule has 2 rings (SSSR count). The third kappa shape index (κ3) is 4.08. The lowest BCUT2D eigenvalue weighted by atomic mass is 10.0. The van der Waals surface area contributed by atoms with E-state index in [0.717, 1.165) is 13.0 Å². The molecule has 0 aromatic carbocycles. The molecule has 0 saturated carbocycles. The Morgan fingerprint density at radius 2 is 2.16 bits per heavy atom. The number of hydrogen-bond donors (Lipinski definition) is 1. The normalized spacial score (nSPS) is 20.0. The Hall–Kier alpha value is -0.810. The molecule has 1 atom stereocenters. The van der Waals surface area contributed by atoms with Crippen LogP contribution in [0.2, 0.25) is 0 Å². The molecule has 1 aliphatic rings. The number of fused-ring (bicyclic) bond motifs is 1.